The van der Waals surface area contributed by atoms with Crippen molar-refractivity contribution >= 4 is 5.97 Å². The number of aliphatic carboxylic acids is 1. The molecule has 2 aromatic rings. The van der Waals surface area contributed by atoms with E-state index in [0.717, 1.165) is 23.5 Å². The van der Waals surface area contributed by atoms with Crippen molar-refractivity contribution in [2.75, 3.05) is 26.4 Å². The molecule has 27 heavy (non-hydrogen) atoms. The molecule has 1 fully saturated rings. The number of nitriles is 1. The van der Waals surface area contributed by atoms with Crippen LogP contribution in [0, 0.1) is 11.3 Å². The van der Waals surface area contributed by atoms with Crippen LogP contribution in [0.3, 0.4) is 0 Å². The van der Waals surface area contributed by atoms with Gasteiger partial charge in [-0.05, 0) is 42.0 Å². The third-order valence-electron chi connectivity index (χ3n) is 4.52. The highest BCUT2D eigenvalue weighted by Crippen LogP contribution is 2.36. The molecular weight excluding hydrogens is 346 g/mol. The van der Waals surface area contributed by atoms with E-state index in [1.165, 1.54) is 0 Å². The fourth-order valence-corrected chi connectivity index (χ4v) is 2.98. The molecule has 0 radical (unpaired) electrons. The number of carbonyl (C=O) groups is 1. The van der Waals surface area contributed by atoms with Crippen LogP contribution < -0.4 is 9.47 Å². The zero-order chi connectivity index (χ0) is 19.1. The van der Waals surface area contributed by atoms with E-state index < -0.39 is 11.4 Å². The Morgan fingerprint density at radius 1 is 1.04 bits per heavy atom. The van der Waals surface area contributed by atoms with Crippen molar-refractivity contribution in [1.29, 1.82) is 5.26 Å². The third-order valence-corrected chi connectivity index (χ3v) is 4.52. The topological polar surface area (TPSA) is 88.8 Å². The number of hydrogen-bond donors (Lipinski definition) is 1. The SMILES string of the molecule is N#Cc1ccc(OCCCOc2ccc(C3(CC(=O)O)COC3)cc2)cc1. The average molecular weight is 367 g/mol. The van der Waals surface area contributed by atoms with Crippen LogP contribution in [0.1, 0.15) is 24.0 Å². The van der Waals surface area contributed by atoms with Crippen LogP contribution in [0.5, 0.6) is 11.5 Å². The number of nitrogens with zero attached hydrogens (tertiary/aromatic N) is 1. The second-order valence-electron chi connectivity index (χ2n) is 6.55. The first kappa shape index (κ1) is 18.7. The molecule has 0 amide bonds. The molecule has 0 aromatic heterocycles. The fraction of sp³-hybridized carbons (Fsp3) is 0.333. The molecule has 140 valence electrons. The minimum atomic E-state index is -0.819. The molecule has 0 atom stereocenters. The Hall–Kier alpha value is -3.04. The molecule has 0 bridgehead atoms. The molecule has 6 nitrogen and oxygen atoms in total. The monoisotopic (exact) mass is 367 g/mol. The van der Waals surface area contributed by atoms with Crippen molar-refractivity contribution in [3.05, 3.63) is 59.7 Å². The summed E-state index contributed by atoms with van der Waals surface area (Å²) < 4.78 is 16.6. The largest absolute Gasteiger partial charge is 0.493 e. The summed E-state index contributed by atoms with van der Waals surface area (Å²) in [4.78, 5) is 11.1. The molecule has 6 heteroatoms. The lowest BCUT2D eigenvalue weighted by molar-refractivity contribution is -0.145. The predicted octanol–water partition coefficient (Wildman–Crippen LogP) is 3.15. The summed E-state index contributed by atoms with van der Waals surface area (Å²) in [5.74, 6) is 0.647. The van der Waals surface area contributed by atoms with Gasteiger partial charge < -0.3 is 19.3 Å². The number of carboxylic acids is 1. The van der Waals surface area contributed by atoms with E-state index in [-0.39, 0.29) is 6.42 Å². The molecule has 0 spiro atoms. The molecule has 0 unspecified atom stereocenters. The Kier molecular flexibility index (Phi) is 5.94. The Balaban J connectivity index is 1.42. The van der Waals surface area contributed by atoms with E-state index in [2.05, 4.69) is 6.07 Å². The molecule has 1 saturated heterocycles. The minimum Gasteiger partial charge on any atom is -0.493 e. The summed E-state index contributed by atoms with van der Waals surface area (Å²) >= 11 is 0. The van der Waals surface area contributed by atoms with Crippen molar-refractivity contribution < 1.29 is 24.1 Å². The Morgan fingerprint density at radius 3 is 2.04 bits per heavy atom. The van der Waals surface area contributed by atoms with Gasteiger partial charge in [0.25, 0.3) is 0 Å². The Morgan fingerprint density at radius 2 is 1.59 bits per heavy atom. The van der Waals surface area contributed by atoms with Crippen LogP contribution in [-0.4, -0.2) is 37.5 Å². The first-order valence-corrected chi connectivity index (χ1v) is 8.77. The van der Waals surface area contributed by atoms with E-state index in [1.807, 2.05) is 24.3 Å². The standard InChI is InChI=1S/C21H21NO5/c22-13-16-2-6-18(7-3-16)26-10-1-11-27-19-8-4-17(5-9-19)21(12-20(23)24)14-25-15-21/h2-9H,1,10-12,14-15H2,(H,23,24). The van der Waals surface area contributed by atoms with Gasteiger partial charge in [-0.3, -0.25) is 4.79 Å². The quantitative estimate of drug-likeness (QED) is 0.685. The van der Waals surface area contributed by atoms with Crippen LogP contribution in [0.4, 0.5) is 0 Å². The van der Waals surface area contributed by atoms with E-state index in [0.29, 0.717) is 32.0 Å². The molecule has 1 N–H and O–H groups in total. The maximum atomic E-state index is 11.1. The van der Waals surface area contributed by atoms with Gasteiger partial charge in [-0.1, -0.05) is 12.1 Å². The number of rotatable bonds is 9. The number of benzene rings is 2. The predicted molar refractivity (Wildman–Crippen MR) is 98.0 cm³/mol. The van der Waals surface area contributed by atoms with Gasteiger partial charge >= 0.3 is 5.97 Å². The highest BCUT2D eigenvalue weighted by atomic mass is 16.5. The maximum absolute atomic E-state index is 11.1. The minimum absolute atomic E-state index is 0.0693. The van der Waals surface area contributed by atoms with Gasteiger partial charge in [0.2, 0.25) is 0 Å². The van der Waals surface area contributed by atoms with E-state index in [1.54, 1.807) is 24.3 Å². The molecular formula is C21H21NO5. The smallest absolute Gasteiger partial charge is 0.304 e. The summed E-state index contributed by atoms with van der Waals surface area (Å²) in [7, 11) is 0. The second-order valence-corrected chi connectivity index (χ2v) is 6.55. The highest BCUT2D eigenvalue weighted by Gasteiger charge is 2.42. The van der Waals surface area contributed by atoms with Crippen LogP contribution in [-0.2, 0) is 14.9 Å². The zero-order valence-corrected chi connectivity index (χ0v) is 14.9. The van der Waals surface area contributed by atoms with Crippen LogP contribution in [0.2, 0.25) is 0 Å². The first-order chi connectivity index (χ1) is 13.1. The van der Waals surface area contributed by atoms with Gasteiger partial charge in [0.05, 0.1) is 49.9 Å². The van der Waals surface area contributed by atoms with Crippen LogP contribution >= 0.6 is 0 Å². The average Bonchev–Trinajstić information content (AvgIpc) is 2.65. The molecule has 2 aromatic carbocycles. The van der Waals surface area contributed by atoms with Crippen molar-refractivity contribution in [2.24, 2.45) is 0 Å². The van der Waals surface area contributed by atoms with E-state index in [4.69, 9.17) is 24.6 Å². The van der Waals surface area contributed by atoms with Crippen LogP contribution in [0.25, 0.3) is 0 Å². The second kappa shape index (κ2) is 8.56. The molecule has 0 aliphatic carbocycles. The fourth-order valence-electron chi connectivity index (χ4n) is 2.98. The third kappa shape index (κ3) is 4.78. The zero-order valence-electron chi connectivity index (χ0n) is 14.9. The summed E-state index contributed by atoms with van der Waals surface area (Å²) in [5, 5.41) is 17.9. The molecule has 1 heterocycles. The van der Waals surface area contributed by atoms with E-state index >= 15 is 0 Å². The highest BCUT2D eigenvalue weighted by molar-refractivity contribution is 5.69. The Bertz CT molecular complexity index is 804. The molecule has 3 rings (SSSR count). The number of carboxylic acid groups (broad SMARTS) is 1. The van der Waals surface area contributed by atoms with Crippen molar-refractivity contribution in [2.45, 2.75) is 18.3 Å². The van der Waals surface area contributed by atoms with Gasteiger partial charge in [0.1, 0.15) is 11.5 Å². The normalized spacial score (nSPS) is 14.6. The first-order valence-electron chi connectivity index (χ1n) is 8.77. The molecule has 1 aliphatic rings. The number of ether oxygens (including phenoxy) is 3. The molecule has 0 saturated carbocycles. The van der Waals surface area contributed by atoms with Crippen molar-refractivity contribution in [1.82, 2.24) is 0 Å². The van der Waals surface area contributed by atoms with Crippen molar-refractivity contribution in [3.63, 3.8) is 0 Å². The summed E-state index contributed by atoms with van der Waals surface area (Å²) in [6.45, 7) is 1.90. The van der Waals surface area contributed by atoms with Gasteiger partial charge in [0.15, 0.2) is 0 Å². The van der Waals surface area contributed by atoms with Gasteiger partial charge in [-0.15, -0.1) is 0 Å². The van der Waals surface area contributed by atoms with Gasteiger partial charge in [-0.2, -0.15) is 5.26 Å². The molecule has 1 aliphatic heterocycles. The number of hydrogen-bond acceptors (Lipinski definition) is 5. The van der Waals surface area contributed by atoms with Crippen molar-refractivity contribution in [3.8, 4) is 17.6 Å². The van der Waals surface area contributed by atoms with Gasteiger partial charge in [0, 0.05) is 6.42 Å². The maximum Gasteiger partial charge on any atom is 0.304 e. The lowest BCUT2D eigenvalue weighted by Crippen LogP contribution is -2.48. The summed E-state index contributed by atoms with van der Waals surface area (Å²) in [5.41, 5.74) is 1.15. The summed E-state index contributed by atoms with van der Waals surface area (Å²) in [6.07, 6.45) is 0.790. The summed E-state index contributed by atoms with van der Waals surface area (Å²) in [6, 6.07) is 16.6. The van der Waals surface area contributed by atoms with E-state index in [9.17, 15) is 4.79 Å². The van der Waals surface area contributed by atoms with Crippen LogP contribution in [0.15, 0.2) is 48.5 Å². The lowest BCUT2D eigenvalue weighted by Gasteiger charge is -2.40. The lowest BCUT2D eigenvalue weighted by atomic mass is 9.76. The Labute approximate surface area is 157 Å². The van der Waals surface area contributed by atoms with Gasteiger partial charge in [-0.25, -0.2) is 0 Å².